The Bertz CT molecular complexity index is 1090. The van der Waals surface area contributed by atoms with Crippen molar-refractivity contribution in [3.8, 4) is 5.75 Å². The molecule has 0 fully saturated rings. The third-order valence-electron chi connectivity index (χ3n) is 4.45. The van der Waals surface area contributed by atoms with Crippen LogP contribution in [0.2, 0.25) is 0 Å². The average molecular weight is 411 g/mol. The lowest BCUT2D eigenvalue weighted by molar-refractivity contribution is 0.0696. The van der Waals surface area contributed by atoms with Gasteiger partial charge in [-0.1, -0.05) is 24.3 Å². The first-order valence-corrected chi connectivity index (χ1v) is 10.4. The van der Waals surface area contributed by atoms with Gasteiger partial charge in [-0.15, -0.1) is 0 Å². The largest absolute Gasteiger partial charge is 0.497 e. The van der Waals surface area contributed by atoms with Gasteiger partial charge in [0.1, 0.15) is 5.75 Å². The minimum absolute atomic E-state index is 0.153. The highest BCUT2D eigenvalue weighted by Gasteiger charge is 2.14. The minimum atomic E-state index is -3.68. The van der Waals surface area contributed by atoms with Crippen molar-refractivity contribution >= 4 is 21.7 Å². The number of carboxylic acids is 1. The van der Waals surface area contributed by atoms with Crippen LogP contribution in [0.15, 0.2) is 77.7 Å². The van der Waals surface area contributed by atoms with Crippen molar-refractivity contribution in [2.45, 2.75) is 17.7 Å². The fourth-order valence-electron chi connectivity index (χ4n) is 2.86. The molecule has 3 rings (SSSR count). The number of ether oxygens (including phenoxy) is 1. The van der Waals surface area contributed by atoms with Gasteiger partial charge in [-0.05, 0) is 72.5 Å². The molecule has 3 aromatic rings. The first-order chi connectivity index (χ1) is 13.9. The summed E-state index contributed by atoms with van der Waals surface area (Å²) in [6.45, 7) is 0. The first kappa shape index (κ1) is 20.4. The summed E-state index contributed by atoms with van der Waals surface area (Å²) in [5.74, 6) is -0.359. The molecular formula is C22H21NO5S. The Labute approximate surface area is 169 Å². The van der Waals surface area contributed by atoms with Crippen molar-refractivity contribution in [1.82, 2.24) is 0 Å². The van der Waals surface area contributed by atoms with E-state index < -0.39 is 16.0 Å². The summed E-state index contributed by atoms with van der Waals surface area (Å²) >= 11 is 0. The van der Waals surface area contributed by atoms with E-state index in [0.717, 1.165) is 11.1 Å². The van der Waals surface area contributed by atoms with Crippen LogP contribution in [0.25, 0.3) is 0 Å². The van der Waals surface area contributed by atoms with Gasteiger partial charge in [0.25, 0.3) is 10.0 Å². The first-order valence-electron chi connectivity index (χ1n) is 8.95. The fraction of sp³-hybridized carbons (Fsp3) is 0.136. The molecule has 0 saturated heterocycles. The predicted molar refractivity (Wildman–Crippen MR) is 111 cm³/mol. The molecule has 0 atom stereocenters. The number of carboxylic acid groups (broad SMARTS) is 1. The van der Waals surface area contributed by atoms with Gasteiger partial charge in [-0.3, -0.25) is 4.72 Å². The summed E-state index contributed by atoms with van der Waals surface area (Å²) in [6.07, 6.45) is 1.41. The van der Waals surface area contributed by atoms with Crippen LogP contribution in [0.4, 0.5) is 5.69 Å². The van der Waals surface area contributed by atoms with Gasteiger partial charge in [0.05, 0.1) is 17.6 Å². The number of aromatic carboxylic acids is 1. The molecule has 0 aromatic heterocycles. The number of methoxy groups -OCH3 is 1. The third kappa shape index (κ3) is 5.36. The Morgan fingerprint density at radius 3 is 2.21 bits per heavy atom. The van der Waals surface area contributed by atoms with Gasteiger partial charge >= 0.3 is 5.97 Å². The standard InChI is InChI=1S/C22H21NO5S/c1-28-20-11-13-21(14-12-20)29(26,27)23-19-9-7-16(8-10-19)5-6-17-3-2-4-18(15-17)22(24)25/h2-4,7-15,23H,5-6H2,1H3,(H,24,25). The second-order valence-corrected chi connectivity index (χ2v) is 8.17. The lowest BCUT2D eigenvalue weighted by Gasteiger charge is -2.10. The van der Waals surface area contributed by atoms with Crippen LogP contribution in [0.3, 0.4) is 0 Å². The second-order valence-electron chi connectivity index (χ2n) is 6.48. The van der Waals surface area contributed by atoms with Gasteiger partial charge in [0.15, 0.2) is 0 Å². The molecule has 29 heavy (non-hydrogen) atoms. The van der Waals surface area contributed by atoms with E-state index in [4.69, 9.17) is 9.84 Å². The monoisotopic (exact) mass is 411 g/mol. The maximum absolute atomic E-state index is 12.5. The van der Waals surface area contributed by atoms with Crippen LogP contribution in [0.5, 0.6) is 5.75 Å². The minimum Gasteiger partial charge on any atom is -0.497 e. The lowest BCUT2D eigenvalue weighted by Crippen LogP contribution is -2.12. The zero-order valence-corrected chi connectivity index (χ0v) is 16.6. The number of hydrogen-bond donors (Lipinski definition) is 2. The molecule has 0 aliphatic heterocycles. The molecule has 6 nitrogen and oxygen atoms in total. The Morgan fingerprint density at radius 1 is 0.931 bits per heavy atom. The Balaban J connectivity index is 1.63. The van der Waals surface area contributed by atoms with Crippen LogP contribution in [0.1, 0.15) is 21.5 Å². The number of anilines is 1. The molecule has 0 aliphatic rings. The van der Waals surface area contributed by atoms with Crippen molar-refractivity contribution in [1.29, 1.82) is 0 Å². The van der Waals surface area contributed by atoms with Crippen molar-refractivity contribution in [2.75, 3.05) is 11.8 Å². The van der Waals surface area contributed by atoms with Gasteiger partial charge in [-0.2, -0.15) is 0 Å². The van der Waals surface area contributed by atoms with Crippen molar-refractivity contribution in [2.24, 2.45) is 0 Å². The average Bonchev–Trinajstić information content (AvgIpc) is 2.73. The summed E-state index contributed by atoms with van der Waals surface area (Å²) in [6, 6.07) is 20.2. The highest BCUT2D eigenvalue weighted by molar-refractivity contribution is 7.92. The third-order valence-corrected chi connectivity index (χ3v) is 5.85. The van der Waals surface area contributed by atoms with Crippen LogP contribution in [0, 0.1) is 0 Å². The van der Waals surface area contributed by atoms with E-state index in [1.54, 1.807) is 42.5 Å². The molecule has 0 saturated carbocycles. The summed E-state index contributed by atoms with van der Waals surface area (Å²) in [7, 11) is -2.16. The molecular weight excluding hydrogens is 390 g/mol. The molecule has 2 N–H and O–H groups in total. The summed E-state index contributed by atoms with van der Waals surface area (Å²) in [5, 5.41) is 9.06. The molecule has 0 bridgehead atoms. The highest BCUT2D eigenvalue weighted by atomic mass is 32.2. The number of benzene rings is 3. The second kappa shape index (κ2) is 8.79. The SMILES string of the molecule is COc1ccc(S(=O)(=O)Nc2ccc(CCc3cccc(C(=O)O)c3)cc2)cc1. The molecule has 0 amide bonds. The van der Waals surface area contributed by atoms with E-state index >= 15 is 0 Å². The summed E-state index contributed by atoms with van der Waals surface area (Å²) in [5.41, 5.74) is 2.70. The molecule has 7 heteroatoms. The molecule has 0 spiro atoms. The van der Waals surface area contributed by atoms with Gasteiger partial charge in [-0.25, -0.2) is 13.2 Å². The zero-order valence-electron chi connectivity index (χ0n) is 15.8. The van der Waals surface area contributed by atoms with E-state index in [1.165, 1.54) is 19.2 Å². The molecule has 0 aliphatic carbocycles. The van der Waals surface area contributed by atoms with E-state index in [9.17, 15) is 13.2 Å². The Morgan fingerprint density at radius 2 is 1.59 bits per heavy atom. The smallest absolute Gasteiger partial charge is 0.335 e. The molecule has 0 radical (unpaired) electrons. The fourth-order valence-corrected chi connectivity index (χ4v) is 3.92. The van der Waals surface area contributed by atoms with Crippen LogP contribution in [-0.4, -0.2) is 26.6 Å². The van der Waals surface area contributed by atoms with E-state index in [0.29, 0.717) is 24.3 Å². The molecule has 0 heterocycles. The van der Waals surface area contributed by atoms with Crippen molar-refractivity contribution < 1.29 is 23.1 Å². The topological polar surface area (TPSA) is 92.7 Å². The lowest BCUT2D eigenvalue weighted by atomic mass is 10.0. The quantitative estimate of drug-likeness (QED) is 0.585. The number of sulfonamides is 1. The van der Waals surface area contributed by atoms with Gasteiger partial charge in [0, 0.05) is 5.69 Å². The predicted octanol–water partition coefficient (Wildman–Crippen LogP) is 3.98. The van der Waals surface area contributed by atoms with E-state index in [2.05, 4.69) is 4.72 Å². The van der Waals surface area contributed by atoms with Gasteiger partial charge < -0.3 is 9.84 Å². The maximum atomic E-state index is 12.5. The van der Waals surface area contributed by atoms with E-state index in [1.807, 2.05) is 18.2 Å². The number of rotatable bonds is 8. The Hall–Kier alpha value is -3.32. The van der Waals surface area contributed by atoms with Crippen LogP contribution < -0.4 is 9.46 Å². The van der Waals surface area contributed by atoms with Crippen molar-refractivity contribution in [3.63, 3.8) is 0 Å². The Kier molecular flexibility index (Phi) is 6.19. The highest BCUT2D eigenvalue weighted by Crippen LogP contribution is 2.20. The van der Waals surface area contributed by atoms with Crippen molar-refractivity contribution in [3.05, 3.63) is 89.5 Å². The van der Waals surface area contributed by atoms with Gasteiger partial charge in [0.2, 0.25) is 0 Å². The molecule has 3 aromatic carbocycles. The number of nitrogens with one attached hydrogen (secondary N) is 1. The number of hydrogen-bond acceptors (Lipinski definition) is 4. The normalized spacial score (nSPS) is 11.1. The number of aryl methyl sites for hydroxylation is 2. The number of carbonyl (C=O) groups is 1. The van der Waals surface area contributed by atoms with Crippen LogP contribution in [-0.2, 0) is 22.9 Å². The zero-order chi connectivity index (χ0) is 20.9. The molecule has 150 valence electrons. The summed E-state index contributed by atoms with van der Waals surface area (Å²) < 4.78 is 32.6. The van der Waals surface area contributed by atoms with E-state index in [-0.39, 0.29) is 10.5 Å². The summed E-state index contributed by atoms with van der Waals surface area (Å²) in [4.78, 5) is 11.2. The molecule has 0 unspecified atom stereocenters. The maximum Gasteiger partial charge on any atom is 0.335 e. The van der Waals surface area contributed by atoms with Crippen LogP contribution >= 0.6 is 0 Å².